The molecule has 4 nitrogen and oxygen atoms in total. The van der Waals surface area contributed by atoms with Crippen LogP contribution in [0.5, 0.6) is 0 Å². The number of aromatic nitrogens is 2. The Labute approximate surface area is 97.1 Å². The van der Waals surface area contributed by atoms with Crippen molar-refractivity contribution >= 4 is 17.6 Å². The fourth-order valence-electron chi connectivity index (χ4n) is 1.37. The molecule has 0 aliphatic heterocycles. The van der Waals surface area contributed by atoms with Gasteiger partial charge < -0.3 is 5.11 Å². The third kappa shape index (κ3) is 1.92. The first-order valence-electron chi connectivity index (χ1n) is 4.63. The van der Waals surface area contributed by atoms with E-state index in [2.05, 4.69) is 5.10 Å². The van der Waals surface area contributed by atoms with Gasteiger partial charge in [0.2, 0.25) is 0 Å². The Kier molecular flexibility index (Phi) is 2.66. The number of halogens is 1. The standard InChI is InChI=1S/C11H9ClN2O2/c1-7-2-3-8(12)10(6-7)14-5-4-9(13-14)11(15)16/h2-6H,1H3,(H,15,16). The minimum Gasteiger partial charge on any atom is -0.476 e. The highest BCUT2D eigenvalue weighted by Crippen LogP contribution is 2.21. The number of aryl methyl sites for hydroxylation is 1. The molecule has 0 aliphatic rings. The van der Waals surface area contributed by atoms with Crippen LogP contribution in [0.4, 0.5) is 0 Å². The zero-order valence-electron chi connectivity index (χ0n) is 8.51. The Hall–Kier alpha value is -1.81. The summed E-state index contributed by atoms with van der Waals surface area (Å²) in [6, 6.07) is 6.92. The summed E-state index contributed by atoms with van der Waals surface area (Å²) in [5.41, 5.74) is 1.71. The van der Waals surface area contributed by atoms with Crippen molar-refractivity contribution in [3.05, 3.63) is 46.7 Å². The molecule has 2 aromatic rings. The van der Waals surface area contributed by atoms with Crippen LogP contribution in [0.25, 0.3) is 5.69 Å². The van der Waals surface area contributed by atoms with Crippen molar-refractivity contribution in [2.24, 2.45) is 0 Å². The van der Waals surface area contributed by atoms with Gasteiger partial charge in [-0.1, -0.05) is 17.7 Å². The lowest BCUT2D eigenvalue weighted by atomic mass is 10.2. The summed E-state index contributed by atoms with van der Waals surface area (Å²) in [4.78, 5) is 10.7. The maximum atomic E-state index is 10.7. The fraction of sp³-hybridized carbons (Fsp3) is 0.0909. The average Bonchev–Trinajstić information content (AvgIpc) is 2.70. The monoisotopic (exact) mass is 236 g/mol. The number of carbonyl (C=O) groups is 1. The van der Waals surface area contributed by atoms with Crippen molar-refractivity contribution in [1.29, 1.82) is 0 Å². The van der Waals surface area contributed by atoms with E-state index in [1.54, 1.807) is 12.3 Å². The van der Waals surface area contributed by atoms with Gasteiger partial charge in [-0.15, -0.1) is 0 Å². The van der Waals surface area contributed by atoms with Crippen LogP contribution in [-0.4, -0.2) is 20.9 Å². The molecule has 0 fully saturated rings. The number of hydrogen-bond acceptors (Lipinski definition) is 2. The van der Waals surface area contributed by atoms with E-state index in [1.165, 1.54) is 10.7 Å². The van der Waals surface area contributed by atoms with Crippen molar-refractivity contribution in [3.63, 3.8) is 0 Å². The number of nitrogens with zero attached hydrogens (tertiary/aromatic N) is 2. The molecule has 0 radical (unpaired) electrons. The van der Waals surface area contributed by atoms with Crippen LogP contribution in [-0.2, 0) is 0 Å². The predicted molar refractivity (Wildman–Crippen MR) is 60.3 cm³/mol. The normalized spacial score (nSPS) is 10.4. The molecule has 0 atom stereocenters. The third-order valence-electron chi connectivity index (χ3n) is 2.16. The van der Waals surface area contributed by atoms with Gasteiger partial charge in [-0.3, -0.25) is 0 Å². The molecule has 5 heteroatoms. The van der Waals surface area contributed by atoms with Gasteiger partial charge in [0.1, 0.15) is 0 Å². The SMILES string of the molecule is Cc1ccc(Cl)c(-n2ccc(C(=O)O)n2)c1. The van der Waals surface area contributed by atoms with E-state index >= 15 is 0 Å². The summed E-state index contributed by atoms with van der Waals surface area (Å²) in [7, 11) is 0. The molecular weight excluding hydrogens is 228 g/mol. The van der Waals surface area contributed by atoms with E-state index in [0.717, 1.165) is 5.56 Å². The van der Waals surface area contributed by atoms with Crippen molar-refractivity contribution in [3.8, 4) is 5.69 Å². The lowest BCUT2D eigenvalue weighted by Gasteiger charge is -2.04. The highest BCUT2D eigenvalue weighted by molar-refractivity contribution is 6.32. The largest absolute Gasteiger partial charge is 0.476 e. The first kappa shape index (κ1) is 10.7. The van der Waals surface area contributed by atoms with Gasteiger partial charge >= 0.3 is 5.97 Å². The van der Waals surface area contributed by atoms with Crippen molar-refractivity contribution in [2.45, 2.75) is 6.92 Å². The lowest BCUT2D eigenvalue weighted by Crippen LogP contribution is -2.01. The maximum Gasteiger partial charge on any atom is 0.356 e. The summed E-state index contributed by atoms with van der Waals surface area (Å²) < 4.78 is 1.46. The van der Waals surface area contributed by atoms with E-state index in [0.29, 0.717) is 10.7 Å². The smallest absolute Gasteiger partial charge is 0.356 e. The summed E-state index contributed by atoms with van der Waals surface area (Å²) in [5.74, 6) is -1.05. The maximum absolute atomic E-state index is 10.7. The molecular formula is C11H9ClN2O2. The second-order valence-corrected chi connectivity index (χ2v) is 3.81. The minimum absolute atomic E-state index is 0.00225. The second kappa shape index (κ2) is 3.98. The molecule has 2 rings (SSSR count). The van der Waals surface area contributed by atoms with Crippen molar-refractivity contribution < 1.29 is 9.90 Å². The number of carboxylic acid groups (broad SMARTS) is 1. The molecule has 0 spiro atoms. The molecule has 1 heterocycles. The van der Waals surface area contributed by atoms with Crippen molar-refractivity contribution in [2.75, 3.05) is 0 Å². The molecule has 1 aromatic heterocycles. The zero-order chi connectivity index (χ0) is 11.7. The van der Waals surface area contributed by atoms with Gasteiger partial charge in [0, 0.05) is 6.20 Å². The molecule has 0 unspecified atom stereocenters. The summed E-state index contributed by atoms with van der Waals surface area (Å²) in [6.07, 6.45) is 1.57. The zero-order valence-corrected chi connectivity index (χ0v) is 9.27. The van der Waals surface area contributed by atoms with Crippen LogP contribution in [0.2, 0.25) is 5.02 Å². The van der Waals surface area contributed by atoms with Crippen LogP contribution in [0.1, 0.15) is 16.1 Å². The van der Waals surface area contributed by atoms with E-state index in [-0.39, 0.29) is 5.69 Å². The average molecular weight is 237 g/mol. The topological polar surface area (TPSA) is 55.1 Å². The molecule has 82 valence electrons. The third-order valence-corrected chi connectivity index (χ3v) is 2.48. The van der Waals surface area contributed by atoms with Gasteiger partial charge in [-0.2, -0.15) is 5.10 Å². The Balaban J connectivity index is 2.50. The van der Waals surface area contributed by atoms with Crippen LogP contribution in [0.3, 0.4) is 0 Å². The molecule has 0 saturated carbocycles. The van der Waals surface area contributed by atoms with E-state index in [9.17, 15) is 4.79 Å². The number of hydrogen-bond donors (Lipinski definition) is 1. The van der Waals surface area contributed by atoms with Crippen LogP contribution in [0, 0.1) is 6.92 Å². The summed E-state index contributed by atoms with van der Waals surface area (Å²) >= 11 is 6.01. The highest BCUT2D eigenvalue weighted by atomic mass is 35.5. The molecule has 0 bridgehead atoms. The Morgan fingerprint density at radius 3 is 2.81 bits per heavy atom. The van der Waals surface area contributed by atoms with Crippen LogP contribution < -0.4 is 0 Å². The highest BCUT2D eigenvalue weighted by Gasteiger charge is 2.09. The molecule has 1 N–H and O–H groups in total. The van der Waals surface area contributed by atoms with Crippen molar-refractivity contribution in [1.82, 2.24) is 9.78 Å². The first-order chi connectivity index (χ1) is 7.58. The Morgan fingerprint density at radius 1 is 1.44 bits per heavy atom. The molecule has 0 aliphatic carbocycles. The van der Waals surface area contributed by atoms with Gasteiger partial charge in [0.25, 0.3) is 0 Å². The number of aromatic carboxylic acids is 1. The molecule has 0 saturated heterocycles. The van der Waals surface area contributed by atoms with E-state index in [4.69, 9.17) is 16.7 Å². The van der Waals surface area contributed by atoms with Crippen LogP contribution in [0.15, 0.2) is 30.5 Å². The van der Waals surface area contributed by atoms with Gasteiger partial charge in [-0.25, -0.2) is 9.48 Å². The Bertz CT molecular complexity index is 549. The first-order valence-corrected chi connectivity index (χ1v) is 5.01. The molecule has 16 heavy (non-hydrogen) atoms. The number of benzene rings is 1. The van der Waals surface area contributed by atoms with Crippen LogP contribution >= 0.6 is 11.6 Å². The summed E-state index contributed by atoms with van der Waals surface area (Å²) in [6.45, 7) is 1.93. The van der Waals surface area contributed by atoms with E-state index in [1.807, 2.05) is 19.1 Å². The second-order valence-electron chi connectivity index (χ2n) is 3.41. The fourth-order valence-corrected chi connectivity index (χ4v) is 1.57. The number of carboxylic acids is 1. The van der Waals surface area contributed by atoms with Gasteiger partial charge in [0.05, 0.1) is 10.7 Å². The predicted octanol–water partition coefficient (Wildman–Crippen LogP) is 2.53. The van der Waals surface area contributed by atoms with Gasteiger partial charge in [-0.05, 0) is 30.7 Å². The summed E-state index contributed by atoms with van der Waals surface area (Å²) in [5, 5.41) is 13.2. The molecule has 1 aromatic carbocycles. The van der Waals surface area contributed by atoms with E-state index < -0.39 is 5.97 Å². The Morgan fingerprint density at radius 2 is 2.19 bits per heavy atom. The minimum atomic E-state index is -1.05. The number of rotatable bonds is 2. The lowest BCUT2D eigenvalue weighted by molar-refractivity contribution is 0.0690. The quantitative estimate of drug-likeness (QED) is 0.872. The molecule has 0 amide bonds. The van der Waals surface area contributed by atoms with Gasteiger partial charge in [0.15, 0.2) is 5.69 Å².